The molecule has 1 aromatic rings. The molecule has 0 saturated carbocycles. The molecule has 0 bridgehead atoms. The largest absolute Gasteiger partial charge is 0.480 e. The van der Waals surface area contributed by atoms with E-state index in [9.17, 15) is 4.79 Å². The summed E-state index contributed by atoms with van der Waals surface area (Å²) in [6.45, 7) is 3.70. The van der Waals surface area contributed by atoms with Crippen LogP contribution in [-0.4, -0.2) is 23.7 Å². The van der Waals surface area contributed by atoms with Crippen molar-refractivity contribution in [2.45, 2.75) is 19.9 Å². The number of carboxylic acids is 1. The third-order valence-corrected chi connectivity index (χ3v) is 2.26. The summed E-state index contributed by atoms with van der Waals surface area (Å²) in [5, 5.41) is 17.8. The fourth-order valence-electron chi connectivity index (χ4n) is 1.51. The number of aliphatic carboxylic acids is 1. The Morgan fingerprint density at radius 1 is 1.50 bits per heavy atom. The molecule has 0 heterocycles. The Morgan fingerprint density at radius 2 is 2.12 bits per heavy atom. The Bertz CT molecular complexity index is 421. The Labute approximate surface area is 94.7 Å². The summed E-state index contributed by atoms with van der Waals surface area (Å²) in [6.07, 6.45) is 0. The van der Waals surface area contributed by atoms with Crippen LogP contribution in [0.25, 0.3) is 0 Å². The third-order valence-electron chi connectivity index (χ3n) is 2.26. The summed E-state index contributed by atoms with van der Waals surface area (Å²) >= 11 is 0. The van der Waals surface area contributed by atoms with E-state index in [1.807, 2.05) is 13.8 Å². The predicted octanol–water partition coefficient (Wildman–Crippen LogP) is 1.86. The van der Waals surface area contributed by atoms with Crippen molar-refractivity contribution in [3.05, 3.63) is 29.8 Å². The number of carbonyl (C=O) groups is 1. The van der Waals surface area contributed by atoms with Gasteiger partial charge in [-0.25, -0.2) is 0 Å². The van der Waals surface area contributed by atoms with Crippen LogP contribution >= 0.6 is 0 Å². The third kappa shape index (κ3) is 2.74. The molecule has 0 atom stereocenters. The first-order chi connectivity index (χ1) is 7.56. The smallest absolute Gasteiger partial charge is 0.323 e. The fraction of sp³-hybridized carbons (Fsp3) is 0.333. The van der Waals surface area contributed by atoms with Gasteiger partial charge in [-0.1, -0.05) is 12.1 Å². The molecule has 1 aromatic carbocycles. The molecular weight excluding hydrogens is 204 g/mol. The van der Waals surface area contributed by atoms with Crippen molar-refractivity contribution >= 4 is 11.7 Å². The fourth-order valence-corrected chi connectivity index (χ4v) is 1.51. The lowest BCUT2D eigenvalue weighted by Gasteiger charge is -2.27. The van der Waals surface area contributed by atoms with Crippen LogP contribution in [0.2, 0.25) is 0 Å². The normalized spacial score (nSPS) is 9.88. The maximum Gasteiger partial charge on any atom is 0.323 e. The molecule has 0 aliphatic heterocycles. The Balaban J connectivity index is 3.11. The summed E-state index contributed by atoms with van der Waals surface area (Å²) in [5.74, 6) is -0.901. The minimum atomic E-state index is -0.901. The zero-order valence-corrected chi connectivity index (χ0v) is 9.34. The lowest BCUT2D eigenvalue weighted by molar-refractivity contribution is -0.135. The number of para-hydroxylation sites is 1. The predicted molar refractivity (Wildman–Crippen MR) is 61.3 cm³/mol. The minimum Gasteiger partial charge on any atom is -0.480 e. The average Bonchev–Trinajstić information content (AvgIpc) is 2.25. The van der Waals surface area contributed by atoms with Gasteiger partial charge in [-0.05, 0) is 26.0 Å². The number of nitrogens with zero attached hydrogens (tertiary/aromatic N) is 2. The highest BCUT2D eigenvalue weighted by atomic mass is 16.4. The van der Waals surface area contributed by atoms with Gasteiger partial charge in [0.15, 0.2) is 0 Å². The van der Waals surface area contributed by atoms with Gasteiger partial charge in [-0.15, -0.1) is 0 Å². The van der Waals surface area contributed by atoms with Crippen LogP contribution in [0.15, 0.2) is 24.3 Å². The summed E-state index contributed by atoms with van der Waals surface area (Å²) in [7, 11) is 0. The van der Waals surface area contributed by atoms with Crippen molar-refractivity contribution in [3.63, 3.8) is 0 Å². The lowest BCUT2D eigenvalue weighted by atomic mass is 10.1. The van der Waals surface area contributed by atoms with Crippen LogP contribution in [0.3, 0.4) is 0 Å². The van der Waals surface area contributed by atoms with E-state index in [-0.39, 0.29) is 12.6 Å². The van der Waals surface area contributed by atoms with Gasteiger partial charge in [0.2, 0.25) is 0 Å². The molecule has 1 rings (SSSR count). The maximum atomic E-state index is 10.8. The average molecular weight is 218 g/mol. The first kappa shape index (κ1) is 12.1. The molecule has 0 saturated heterocycles. The molecule has 84 valence electrons. The van der Waals surface area contributed by atoms with Crippen LogP contribution < -0.4 is 4.90 Å². The molecule has 0 aromatic heterocycles. The van der Waals surface area contributed by atoms with Crippen molar-refractivity contribution in [1.29, 1.82) is 5.26 Å². The molecule has 16 heavy (non-hydrogen) atoms. The molecule has 4 heteroatoms. The van der Waals surface area contributed by atoms with Crippen LogP contribution in [-0.2, 0) is 4.79 Å². The highest BCUT2D eigenvalue weighted by molar-refractivity contribution is 5.75. The number of rotatable bonds is 4. The van der Waals surface area contributed by atoms with Gasteiger partial charge >= 0.3 is 5.97 Å². The molecular formula is C12H14N2O2. The number of hydrogen-bond donors (Lipinski definition) is 1. The highest BCUT2D eigenvalue weighted by Gasteiger charge is 2.16. The Morgan fingerprint density at radius 3 is 2.62 bits per heavy atom. The van der Waals surface area contributed by atoms with E-state index in [1.165, 1.54) is 0 Å². The van der Waals surface area contributed by atoms with Gasteiger partial charge in [0.05, 0.1) is 11.3 Å². The number of benzene rings is 1. The van der Waals surface area contributed by atoms with Crippen LogP contribution in [0.5, 0.6) is 0 Å². The number of anilines is 1. The van der Waals surface area contributed by atoms with Crippen molar-refractivity contribution in [1.82, 2.24) is 0 Å². The van der Waals surface area contributed by atoms with Crippen LogP contribution in [0.4, 0.5) is 5.69 Å². The second-order valence-electron chi connectivity index (χ2n) is 3.74. The molecule has 1 N–H and O–H groups in total. The van der Waals surface area contributed by atoms with Crippen LogP contribution in [0, 0.1) is 11.3 Å². The quantitative estimate of drug-likeness (QED) is 0.837. The summed E-state index contributed by atoms with van der Waals surface area (Å²) in [6, 6.07) is 9.12. The van der Waals surface area contributed by atoms with Crippen molar-refractivity contribution in [2.24, 2.45) is 0 Å². The van der Waals surface area contributed by atoms with E-state index in [2.05, 4.69) is 6.07 Å². The van der Waals surface area contributed by atoms with E-state index in [1.54, 1.807) is 29.2 Å². The van der Waals surface area contributed by atoms with E-state index < -0.39 is 5.97 Å². The zero-order chi connectivity index (χ0) is 12.1. The number of nitriles is 1. The first-order valence-corrected chi connectivity index (χ1v) is 5.03. The standard InChI is InChI=1S/C12H14N2O2/c1-9(2)14(8-12(15)16)11-6-4-3-5-10(11)7-13/h3-6,9H,8H2,1-2H3,(H,15,16). The van der Waals surface area contributed by atoms with Gasteiger partial charge in [0.1, 0.15) is 12.6 Å². The summed E-state index contributed by atoms with van der Waals surface area (Å²) in [5.41, 5.74) is 1.17. The van der Waals surface area contributed by atoms with Crippen LogP contribution in [0.1, 0.15) is 19.4 Å². The second-order valence-corrected chi connectivity index (χ2v) is 3.74. The van der Waals surface area contributed by atoms with Gasteiger partial charge in [0, 0.05) is 6.04 Å². The van der Waals surface area contributed by atoms with Crippen molar-refractivity contribution < 1.29 is 9.90 Å². The monoisotopic (exact) mass is 218 g/mol. The Hall–Kier alpha value is -2.02. The molecule has 0 fully saturated rings. The van der Waals surface area contributed by atoms with Gasteiger partial charge in [-0.2, -0.15) is 5.26 Å². The van der Waals surface area contributed by atoms with Gasteiger partial charge in [0.25, 0.3) is 0 Å². The lowest BCUT2D eigenvalue weighted by Crippen LogP contribution is -2.36. The Kier molecular flexibility index (Phi) is 3.90. The molecule has 0 aliphatic carbocycles. The molecule has 0 unspecified atom stereocenters. The molecule has 0 radical (unpaired) electrons. The van der Waals surface area contributed by atoms with E-state index in [4.69, 9.17) is 10.4 Å². The number of carboxylic acid groups (broad SMARTS) is 1. The summed E-state index contributed by atoms with van der Waals surface area (Å²) in [4.78, 5) is 12.5. The second kappa shape index (κ2) is 5.17. The maximum absolute atomic E-state index is 10.8. The zero-order valence-electron chi connectivity index (χ0n) is 9.34. The van der Waals surface area contributed by atoms with E-state index in [0.29, 0.717) is 11.3 Å². The molecule has 0 amide bonds. The first-order valence-electron chi connectivity index (χ1n) is 5.03. The highest BCUT2D eigenvalue weighted by Crippen LogP contribution is 2.21. The molecule has 4 nitrogen and oxygen atoms in total. The van der Waals surface area contributed by atoms with Crippen molar-refractivity contribution in [3.8, 4) is 6.07 Å². The number of hydrogen-bond acceptors (Lipinski definition) is 3. The van der Waals surface area contributed by atoms with Gasteiger partial charge in [-0.3, -0.25) is 4.79 Å². The SMILES string of the molecule is CC(C)N(CC(=O)O)c1ccccc1C#N. The topological polar surface area (TPSA) is 64.3 Å². The molecule has 0 aliphatic rings. The van der Waals surface area contributed by atoms with E-state index in [0.717, 1.165) is 0 Å². The minimum absolute atomic E-state index is 0.0330. The van der Waals surface area contributed by atoms with Gasteiger partial charge < -0.3 is 10.0 Å². The summed E-state index contributed by atoms with van der Waals surface area (Å²) < 4.78 is 0. The van der Waals surface area contributed by atoms with E-state index >= 15 is 0 Å². The van der Waals surface area contributed by atoms with Crippen molar-refractivity contribution in [2.75, 3.05) is 11.4 Å². The molecule has 0 spiro atoms.